The van der Waals surface area contributed by atoms with Gasteiger partial charge in [-0.1, -0.05) is 30.1 Å². The quantitative estimate of drug-likeness (QED) is 0.794. The van der Waals surface area contributed by atoms with E-state index < -0.39 is 0 Å². The van der Waals surface area contributed by atoms with E-state index in [9.17, 15) is 0 Å². The van der Waals surface area contributed by atoms with Gasteiger partial charge in [0.2, 0.25) is 0 Å². The van der Waals surface area contributed by atoms with Gasteiger partial charge < -0.3 is 5.32 Å². The molecule has 1 aliphatic heterocycles. The first-order valence-electron chi connectivity index (χ1n) is 5.28. The lowest BCUT2D eigenvalue weighted by molar-refractivity contribution is 0.520. The van der Waals surface area contributed by atoms with Crippen LogP contribution in [0.15, 0.2) is 18.2 Å². The minimum absolute atomic E-state index is 0.468. The van der Waals surface area contributed by atoms with Crippen LogP contribution >= 0.6 is 23.2 Å². The van der Waals surface area contributed by atoms with Gasteiger partial charge in [0.15, 0.2) is 0 Å². The second-order valence-electron chi connectivity index (χ2n) is 4.37. The monoisotopic (exact) mass is 243 g/mol. The van der Waals surface area contributed by atoms with Gasteiger partial charge in [0, 0.05) is 22.0 Å². The zero-order chi connectivity index (χ0) is 11.0. The van der Waals surface area contributed by atoms with Crippen molar-refractivity contribution in [3.8, 4) is 0 Å². The Hall–Kier alpha value is -0.240. The van der Waals surface area contributed by atoms with Crippen LogP contribution in [-0.2, 0) is 0 Å². The molecule has 3 atom stereocenters. The Bertz CT molecular complexity index is 355. The van der Waals surface area contributed by atoms with Crippen molar-refractivity contribution in [1.29, 1.82) is 0 Å². The standard InChI is InChI=1S/C12H15Cl2N/c1-7-6-15-8(2)12(7)10-5-9(13)3-4-11(10)14/h3-5,7-8,12,15H,6H2,1-2H3. The van der Waals surface area contributed by atoms with Gasteiger partial charge >= 0.3 is 0 Å². The van der Waals surface area contributed by atoms with Gasteiger partial charge in [0.05, 0.1) is 0 Å². The highest BCUT2D eigenvalue weighted by Crippen LogP contribution is 2.37. The molecule has 1 fully saturated rings. The Morgan fingerprint density at radius 2 is 2.00 bits per heavy atom. The van der Waals surface area contributed by atoms with Crippen molar-refractivity contribution in [3.63, 3.8) is 0 Å². The zero-order valence-corrected chi connectivity index (χ0v) is 10.4. The molecule has 1 saturated heterocycles. The van der Waals surface area contributed by atoms with Crippen molar-refractivity contribution in [2.24, 2.45) is 5.92 Å². The predicted octanol–water partition coefficient (Wildman–Crippen LogP) is 3.70. The summed E-state index contributed by atoms with van der Waals surface area (Å²) in [6.45, 7) is 5.50. The molecule has 0 amide bonds. The second-order valence-corrected chi connectivity index (χ2v) is 5.21. The summed E-state index contributed by atoms with van der Waals surface area (Å²) in [6, 6.07) is 6.19. The average molecular weight is 244 g/mol. The zero-order valence-electron chi connectivity index (χ0n) is 8.93. The van der Waals surface area contributed by atoms with Crippen molar-refractivity contribution in [2.75, 3.05) is 6.54 Å². The molecule has 0 radical (unpaired) electrons. The third-order valence-corrected chi connectivity index (χ3v) is 3.81. The van der Waals surface area contributed by atoms with Crippen LogP contribution in [-0.4, -0.2) is 12.6 Å². The van der Waals surface area contributed by atoms with E-state index in [2.05, 4.69) is 19.2 Å². The van der Waals surface area contributed by atoms with Crippen molar-refractivity contribution in [1.82, 2.24) is 5.32 Å². The lowest BCUT2D eigenvalue weighted by Gasteiger charge is -2.21. The van der Waals surface area contributed by atoms with Gasteiger partial charge in [-0.15, -0.1) is 0 Å². The molecular formula is C12H15Cl2N. The lowest BCUT2D eigenvalue weighted by Crippen LogP contribution is -2.22. The molecule has 0 aliphatic carbocycles. The van der Waals surface area contributed by atoms with Crippen LogP contribution in [0.3, 0.4) is 0 Å². The third kappa shape index (κ3) is 2.15. The summed E-state index contributed by atoms with van der Waals surface area (Å²) in [4.78, 5) is 0. The molecule has 2 rings (SSSR count). The number of nitrogens with one attached hydrogen (secondary N) is 1. The van der Waals surface area contributed by atoms with Gasteiger partial charge in [0.25, 0.3) is 0 Å². The molecule has 1 nitrogen and oxygen atoms in total. The van der Waals surface area contributed by atoms with Crippen molar-refractivity contribution in [2.45, 2.75) is 25.8 Å². The SMILES string of the molecule is CC1CNC(C)C1c1cc(Cl)ccc1Cl. The Morgan fingerprint density at radius 3 is 2.60 bits per heavy atom. The van der Waals surface area contributed by atoms with E-state index >= 15 is 0 Å². The van der Waals surface area contributed by atoms with Gasteiger partial charge in [-0.25, -0.2) is 0 Å². The third-order valence-electron chi connectivity index (χ3n) is 3.23. The number of hydrogen-bond donors (Lipinski definition) is 1. The summed E-state index contributed by atoms with van der Waals surface area (Å²) in [5, 5.41) is 5.05. The number of rotatable bonds is 1. The first-order chi connectivity index (χ1) is 7.09. The first kappa shape index (κ1) is 11.3. The highest BCUT2D eigenvalue weighted by molar-refractivity contribution is 6.33. The normalized spacial score (nSPS) is 30.8. The van der Waals surface area contributed by atoms with Crippen molar-refractivity contribution < 1.29 is 0 Å². The highest BCUT2D eigenvalue weighted by Gasteiger charge is 2.32. The van der Waals surface area contributed by atoms with Crippen molar-refractivity contribution >= 4 is 23.2 Å². The maximum absolute atomic E-state index is 6.22. The van der Waals surface area contributed by atoms with E-state index in [0.29, 0.717) is 17.9 Å². The number of benzene rings is 1. The van der Waals surface area contributed by atoms with Crippen molar-refractivity contribution in [3.05, 3.63) is 33.8 Å². The smallest absolute Gasteiger partial charge is 0.0442 e. The Balaban J connectivity index is 2.39. The number of halogens is 2. The molecule has 3 unspecified atom stereocenters. The largest absolute Gasteiger partial charge is 0.313 e. The predicted molar refractivity (Wildman–Crippen MR) is 65.8 cm³/mol. The molecule has 1 aromatic rings. The second kappa shape index (κ2) is 4.32. The minimum atomic E-state index is 0.468. The van der Waals surface area contributed by atoms with E-state index in [1.807, 2.05) is 18.2 Å². The maximum Gasteiger partial charge on any atom is 0.0442 e. The van der Waals surface area contributed by atoms with E-state index in [1.54, 1.807) is 0 Å². The molecule has 3 heteroatoms. The lowest BCUT2D eigenvalue weighted by atomic mass is 9.86. The summed E-state index contributed by atoms with van der Waals surface area (Å²) in [5.74, 6) is 1.08. The van der Waals surface area contributed by atoms with E-state index in [1.165, 1.54) is 5.56 Å². The minimum Gasteiger partial charge on any atom is -0.313 e. The van der Waals surface area contributed by atoms with Crippen LogP contribution in [0.25, 0.3) is 0 Å². The molecule has 1 aromatic carbocycles. The fourth-order valence-electron chi connectivity index (χ4n) is 2.46. The Morgan fingerprint density at radius 1 is 1.27 bits per heavy atom. The number of hydrogen-bond acceptors (Lipinski definition) is 1. The molecule has 0 spiro atoms. The van der Waals surface area contributed by atoms with Crippen LogP contribution in [0, 0.1) is 5.92 Å². The maximum atomic E-state index is 6.22. The molecule has 1 aliphatic rings. The molecule has 0 bridgehead atoms. The van der Waals surface area contributed by atoms with Crippen LogP contribution < -0.4 is 5.32 Å². The van der Waals surface area contributed by atoms with Crippen LogP contribution in [0.4, 0.5) is 0 Å². The molecule has 1 heterocycles. The van der Waals surface area contributed by atoms with Crippen LogP contribution in [0.2, 0.25) is 10.0 Å². The molecule has 1 N–H and O–H groups in total. The van der Waals surface area contributed by atoms with Gasteiger partial charge in [0.1, 0.15) is 0 Å². The van der Waals surface area contributed by atoms with Crippen LogP contribution in [0.1, 0.15) is 25.3 Å². The van der Waals surface area contributed by atoms with Gasteiger partial charge in [-0.05, 0) is 43.1 Å². The Kier molecular flexibility index (Phi) is 3.24. The summed E-state index contributed by atoms with van der Waals surface area (Å²) >= 11 is 12.2. The summed E-state index contributed by atoms with van der Waals surface area (Å²) in [6.07, 6.45) is 0. The fraction of sp³-hybridized carbons (Fsp3) is 0.500. The molecule has 82 valence electrons. The molecule has 15 heavy (non-hydrogen) atoms. The summed E-state index contributed by atoms with van der Waals surface area (Å²) in [7, 11) is 0. The summed E-state index contributed by atoms with van der Waals surface area (Å²) in [5.41, 5.74) is 1.18. The average Bonchev–Trinajstić information content (AvgIpc) is 2.51. The molecule has 0 saturated carbocycles. The Labute approximate surface area is 101 Å². The highest BCUT2D eigenvalue weighted by atomic mass is 35.5. The first-order valence-corrected chi connectivity index (χ1v) is 6.03. The molecule has 0 aromatic heterocycles. The van der Waals surface area contributed by atoms with Gasteiger partial charge in [-0.2, -0.15) is 0 Å². The fourth-order valence-corrected chi connectivity index (χ4v) is 2.89. The van der Waals surface area contributed by atoms with E-state index in [-0.39, 0.29) is 0 Å². The van der Waals surface area contributed by atoms with E-state index in [4.69, 9.17) is 23.2 Å². The topological polar surface area (TPSA) is 12.0 Å². The van der Waals surface area contributed by atoms with Gasteiger partial charge in [-0.3, -0.25) is 0 Å². The van der Waals surface area contributed by atoms with E-state index in [0.717, 1.165) is 16.6 Å². The molecular weight excluding hydrogens is 229 g/mol. The van der Waals surface area contributed by atoms with Crippen LogP contribution in [0.5, 0.6) is 0 Å². The summed E-state index contributed by atoms with van der Waals surface area (Å²) < 4.78 is 0.